The molecule has 0 bridgehead atoms. The molecule has 0 aromatic heterocycles. The Balaban J connectivity index is 3.21. The van der Waals surface area contributed by atoms with E-state index in [0.717, 1.165) is 6.42 Å². The van der Waals surface area contributed by atoms with E-state index in [1.54, 1.807) is 6.08 Å². The maximum Gasteiger partial charge on any atom is 0.389 e. The number of hydrogen-bond donors (Lipinski definition) is 0. The summed E-state index contributed by atoms with van der Waals surface area (Å²) in [6.45, 7) is 0. The Morgan fingerprint density at radius 2 is 1.67 bits per heavy atom. The second kappa shape index (κ2) is 6.35. The molecule has 0 spiro atoms. The number of unbranched alkanes of at least 4 members (excludes halogenated alkanes) is 1. The van der Waals surface area contributed by atoms with Crippen LogP contribution in [0.25, 0.3) is 0 Å². The van der Waals surface area contributed by atoms with E-state index in [1.807, 2.05) is 6.08 Å². The highest BCUT2D eigenvalue weighted by atomic mass is 35.5. The fourth-order valence-electron chi connectivity index (χ4n) is 0.719. The highest BCUT2D eigenvalue weighted by Crippen LogP contribution is 2.22. The molecule has 0 saturated carbocycles. The Kier molecular flexibility index (Phi) is 6.25. The van der Waals surface area contributed by atoms with Gasteiger partial charge in [0, 0.05) is 12.3 Å². The normalized spacial score (nSPS) is 12.7. The molecule has 0 radical (unpaired) electrons. The molecule has 0 atom stereocenters. The average Bonchev–Trinajstić information content (AvgIpc) is 1.94. The second-order valence-corrected chi connectivity index (χ2v) is 2.83. The number of allylic oxidation sites excluding steroid dienone is 2. The van der Waals surface area contributed by atoms with Gasteiger partial charge in [0.25, 0.3) is 0 Å². The molecule has 4 heteroatoms. The van der Waals surface area contributed by atoms with Crippen molar-refractivity contribution in [2.75, 3.05) is 5.88 Å². The van der Waals surface area contributed by atoms with Crippen molar-refractivity contribution >= 4 is 11.6 Å². The maximum atomic E-state index is 11.6. The molecule has 0 aromatic carbocycles. The third-order valence-electron chi connectivity index (χ3n) is 1.27. The van der Waals surface area contributed by atoms with Crippen LogP contribution in [0.1, 0.15) is 25.7 Å². The Bertz CT molecular complexity index is 129. The summed E-state index contributed by atoms with van der Waals surface area (Å²) < 4.78 is 34.8. The van der Waals surface area contributed by atoms with Crippen molar-refractivity contribution in [2.45, 2.75) is 31.9 Å². The standard InChI is InChI=1S/C8H12ClF3/c9-7-5-3-1-2-4-6-8(10,11)12/h1,3H,2,4-7H2/b3-1+. The lowest BCUT2D eigenvalue weighted by Gasteiger charge is -2.02. The molecule has 0 fully saturated rings. The summed E-state index contributed by atoms with van der Waals surface area (Å²) in [5, 5.41) is 0. The van der Waals surface area contributed by atoms with Gasteiger partial charge in [-0.25, -0.2) is 0 Å². The molecule has 12 heavy (non-hydrogen) atoms. The molecule has 72 valence electrons. The molecule has 0 nitrogen and oxygen atoms in total. The number of alkyl halides is 4. The van der Waals surface area contributed by atoms with E-state index in [9.17, 15) is 13.2 Å². The Morgan fingerprint density at radius 3 is 2.17 bits per heavy atom. The van der Waals surface area contributed by atoms with Crippen molar-refractivity contribution in [3.8, 4) is 0 Å². The number of rotatable bonds is 5. The molecule has 0 rings (SSSR count). The van der Waals surface area contributed by atoms with E-state index in [0.29, 0.717) is 12.3 Å². The number of hydrogen-bond acceptors (Lipinski definition) is 0. The Labute approximate surface area is 75.4 Å². The summed E-state index contributed by atoms with van der Waals surface area (Å²) in [7, 11) is 0. The lowest BCUT2D eigenvalue weighted by molar-refractivity contribution is -0.135. The van der Waals surface area contributed by atoms with Gasteiger partial charge in [0.15, 0.2) is 0 Å². The van der Waals surface area contributed by atoms with Crippen LogP contribution >= 0.6 is 11.6 Å². The van der Waals surface area contributed by atoms with Gasteiger partial charge < -0.3 is 0 Å². The molecule has 0 N–H and O–H groups in total. The summed E-state index contributed by atoms with van der Waals surface area (Å²) in [4.78, 5) is 0. The largest absolute Gasteiger partial charge is 0.389 e. The van der Waals surface area contributed by atoms with Gasteiger partial charge in [-0.1, -0.05) is 12.2 Å². The van der Waals surface area contributed by atoms with E-state index in [2.05, 4.69) is 0 Å². The van der Waals surface area contributed by atoms with Crippen molar-refractivity contribution in [1.29, 1.82) is 0 Å². The molecule has 0 unspecified atom stereocenters. The predicted octanol–water partition coefficient (Wildman–Crippen LogP) is 3.90. The first-order valence-electron chi connectivity index (χ1n) is 3.84. The van der Waals surface area contributed by atoms with Gasteiger partial charge in [-0.05, 0) is 19.3 Å². The first-order chi connectivity index (χ1) is 5.56. The van der Waals surface area contributed by atoms with Crippen LogP contribution in [0.15, 0.2) is 12.2 Å². The monoisotopic (exact) mass is 200 g/mol. The maximum absolute atomic E-state index is 11.6. The molecule has 0 aliphatic rings. The summed E-state index contributed by atoms with van der Waals surface area (Å²) >= 11 is 5.36. The molecule has 0 saturated heterocycles. The predicted molar refractivity (Wildman–Crippen MR) is 44.4 cm³/mol. The van der Waals surface area contributed by atoms with Crippen molar-refractivity contribution in [3.05, 3.63) is 12.2 Å². The zero-order valence-corrected chi connectivity index (χ0v) is 7.46. The van der Waals surface area contributed by atoms with E-state index in [4.69, 9.17) is 11.6 Å². The highest BCUT2D eigenvalue weighted by Gasteiger charge is 2.25. The van der Waals surface area contributed by atoms with Gasteiger partial charge in [0.05, 0.1) is 0 Å². The van der Waals surface area contributed by atoms with Gasteiger partial charge in [-0.2, -0.15) is 13.2 Å². The fraction of sp³-hybridized carbons (Fsp3) is 0.750. The molecular formula is C8H12ClF3. The van der Waals surface area contributed by atoms with Crippen molar-refractivity contribution in [3.63, 3.8) is 0 Å². The fourth-order valence-corrected chi connectivity index (χ4v) is 0.845. The third kappa shape index (κ3) is 9.82. The van der Waals surface area contributed by atoms with Gasteiger partial charge in [0.1, 0.15) is 0 Å². The van der Waals surface area contributed by atoms with Gasteiger partial charge >= 0.3 is 6.18 Å². The van der Waals surface area contributed by atoms with Crippen molar-refractivity contribution in [1.82, 2.24) is 0 Å². The van der Waals surface area contributed by atoms with E-state index in [1.165, 1.54) is 0 Å². The summed E-state index contributed by atoms with van der Waals surface area (Å²) in [5.41, 5.74) is 0. The van der Waals surface area contributed by atoms with E-state index in [-0.39, 0.29) is 6.42 Å². The SMILES string of the molecule is FC(F)(F)CCC/C=C/CCCl. The smallest absolute Gasteiger partial charge is 0.171 e. The van der Waals surface area contributed by atoms with Crippen LogP contribution in [0.3, 0.4) is 0 Å². The highest BCUT2D eigenvalue weighted by molar-refractivity contribution is 6.17. The summed E-state index contributed by atoms with van der Waals surface area (Å²) in [5.74, 6) is 0.524. The van der Waals surface area contributed by atoms with Crippen LogP contribution in [-0.4, -0.2) is 12.1 Å². The van der Waals surface area contributed by atoms with E-state index >= 15 is 0 Å². The molecule has 0 heterocycles. The molecular weight excluding hydrogens is 189 g/mol. The minimum atomic E-state index is -4.01. The quantitative estimate of drug-likeness (QED) is 0.359. The van der Waals surface area contributed by atoms with Crippen LogP contribution in [0, 0.1) is 0 Å². The molecule has 0 aliphatic carbocycles. The van der Waals surface area contributed by atoms with Crippen LogP contribution in [0.5, 0.6) is 0 Å². The minimum Gasteiger partial charge on any atom is -0.171 e. The number of halogens is 4. The van der Waals surface area contributed by atoms with Gasteiger partial charge in [-0.15, -0.1) is 11.6 Å². The van der Waals surface area contributed by atoms with Crippen LogP contribution < -0.4 is 0 Å². The second-order valence-electron chi connectivity index (χ2n) is 2.46. The first-order valence-corrected chi connectivity index (χ1v) is 4.37. The first kappa shape index (κ1) is 11.8. The third-order valence-corrected chi connectivity index (χ3v) is 1.49. The van der Waals surface area contributed by atoms with Gasteiger partial charge in [-0.3, -0.25) is 0 Å². The zero-order chi connectivity index (χ0) is 9.45. The van der Waals surface area contributed by atoms with Crippen molar-refractivity contribution in [2.24, 2.45) is 0 Å². The van der Waals surface area contributed by atoms with Crippen LogP contribution in [-0.2, 0) is 0 Å². The van der Waals surface area contributed by atoms with Gasteiger partial charge in [0.2, 0.25) is 0 Å². The average molecular weight is 201 g/mol. The lowest BCUT2D eigenvalue weighted by Crippen LogP contribution is -2.05. The summed E-state index contributed by atoms with van der Waals surface area (Å²) in [6, 6.07) is 0. The Morgan fingerprint density at radius 1 is 1.08 bits per heavy atom. The van der Waals surface area contributed by atoms with E-state index < -0.39 is 12.6 Å². The van der Waals surface area contributed by atoms with Crippen LogP contribution in [0.2, 0.25) is 0 Å². The van der Waals surface area contributed by atoms with Crippen LogP contribution in [0.4, 0.5) is 13.2 Å². The molecule has 0 aromatic rings. The lowest BCUT2D eigenvalue weighted by atomic mass is 10.2. The molecule has 0 aliphatic heterocycles. The summed E-state index contributed by atoms with van der Waals surface area (Å²) in [6.07, 6.45) is 0.224. The zero-order valence-electron chi connectivity index (χ0n) is 6.70. The Hall–Kier alpha value is -0.180. The topological polar surface area (TPSA) is 0 Å². The molecule has 0 amide bonds. The minimum absolute atomic E-state index is 0.169. The van der Waals surface area contributed by atoms with Crippen molar-refractivity contribution < 1.29 is 13.2 Å².